The Hall–Kier alpha value is -1.49. The van der Waals surface area contributed by atoms with Crippen LogP contribution in [0.5, 0.6) is 0 Å². The lowest BCUT2D eigenvalue weighted by molar-refractivity contribution is 0.0705. The molecule has 2 saturated heterocycles. The monoisotopic (exact) mass is 263 g/mol. The van der Waals surface area contributed by atoms with Gasteiger partial charge in [0.1, 0.15) is 11.5 Å². The second-order valence-electron chi connectivity index (χ2n) is 5.38. The molecular formula is C14H18FN3O. The van der Waals surface area contributed by atoms with Crippen molar-refractivity contribution in [3.8, 4) is 0 Å². The molecule has 19 heavy (non-hydrogen) atoms. The zero-order chi connectivity index (χ0) is 13.4. The smallest absolute Gasteiger partial charge is 0.272 e. The van der Waals surface area contributed by atoms with Crippen molar-refractivity contribution >= 4 is 5.91 Å². The van der Waals surface area contributed by atoms with Crippen molar-refractivity contribution in [1.82, 2.24) is 15.2 Å². The molecule has 1 aromatic heterocycles. The molecular weight excluding hydrogens is 245 g/mol. The van der Waals surface area contributed by atoms with Gasteiger partial charge in [-0.3, -0.25) is 4.79 Å². The van der Waals surface area contributed by atoms with Gasteiger partial charge in [0.2, 0.25) is 0 Å². The third-order valence-electron chi connectivity index (χ3n) is 4.34. The van der Waals surface area contributed by atoms with E-state index < -0.39 is 5.82 Å². The van der Waals surface area contributed by atoms with E-state index in [-0.39, 0.29) is 11.9 Å². The lowest BCUT2D eigenvalue weighted by Gasteiger charge is -2.26. The van der Waals surface area contributed by atoms with Crippen LogP contribution in [0, 0.1) is 17.7 Å². The summed E-state index contributed by atoms with van der Waals surface area (Å²) in [6, 6.07) is 3.04. The molecule has 0 bridgehead atoms. The van der Waals surface area contributed by atoms with Crippen LogP contribution in [-0.2, 0) is 0 Å². The summed E-state index contributed by atoms with van der Waals surface area (Å²) in [6.07, 6.45) is 2.06. The highest BCUT2D eigenvalue weighted by Crippen LogP contribution is 2.34. The van der Waals surface area contributed by atoms with Crippen LogP contribution in [-0.4, -0.2) is 41.5 Å². The molecule has 3 rings (SSSR count). The quantitative estimate of drug-likeness (QED) is 0.874. The van der Waals surface area contributed by atoms with Crippen LogP contribution in [0.25, 0.3) is 0 Å². The molecule has 3 atom stereocenters. The Kier molecular flexibility index (Phi) is 3.22. The van der Waals surface area contributed by atoms with Gasteiger partial charge in [-0.15, -0.1) is 0 Å². The third-order valence-corrected chi connectivity index (χ3v) is 4.34. The van der Waals surface area contributed by atoms with Crippen molar-refractivity contribution in [2.24, 2.45) is 11.8 Å². The van der Waals surface area contributed by atoms with E-state index in [0.29, 0.717) is 17.5 Å². The van der Waals surface area contributed by atoms with Gasteiger partial charge in [-0.25, -0.2) is 9.37 Å². The molecule has 1 amide bonds. The number of amides is 1. The van der Waals surface area contributed by atoms with Gasteiger partial charge in [-0.1, -0.05) is 6.92 Å². The first-order valence-electron chi connectivity index (χ1n) is 6.84. The van der Waals surface area contributed by atoms with E-state index in [1.165, 1.54) is 12.1 Å². The van der Waals surface area contributed by atoms with Gasteiger partial charge in [0, 0.05) is 25.7 Å². The van der Waals surface area contributed by atoms with Crippen LogP contribution in [0.15, 0.2) is 18.3 Å². The number of nitrogens with one attached hydrogen (secondary N) is 1. The lowest BCUT2D eigenvalue weighted by Crippen LogP contribution is -2.39. The fourth-order valence-electron chi connectivity index (χ4n) is 3.43. The topological polar surface area (TPSA) is 45.2 Å². The number of carbonyl (C=O) groups is 1. The maximum atomic E-state index is 12.9. The van der Waals surface area contributed by atoms with Gasteiger partial charge in [-0.2, -0.15) is 0 Å². The summed E-state index contributed by atoms with van der Waals surface area (Å²) in [4.78, 5) is 18.3. The zero-order valence-corrected chi connectivity index (χ0v) is 11.0. The molecule has 5 heteroatoms. The number of hydrogen-bond donors (Lipinski definition) is 1. The summed E-state index contributed by atoms with van der Waals surface area (Å²) in [6.45, 7) is 4.88. The molecule has 2 aliphatic heterocycles. The highest BCUT2D eigenvalue weighted by Gasteiger charge is 2.45. The second kappa shape index (κ2) is 4.89. The molecule has 1 aromatic rings. The van der Waals surface area contributed by atoms with Crippen molar-refractivity contribution in [1.29, 1.82) is 0 Å². The number of pyridine rings is 1. The first-order valence-corrected chi connectivity index (χ1v) is 6.84. The van der Waals surface area contributed by atoms with Gasteiger partial charge in [0.05, 0.1) is 6.20 Å². The summed E-state index contributed by atoms with van der Waals surface area (Å²) in [5, 5.41) is 3.39. The SMILES string of the molecule is CCC1C2CNCC2CN1C(=O)c1ccc(F)cn1. The van der Waals surface area contributed by atoms with E-state index in [0.717, 1.165) is 32.3 Å². The Balaban J connectivity index is 1.81. The van der Waals surface area contributed by atoms with E-state index in [9.17, 15) is 9.18 Å². The average molecular weight is 263 g/mol. The summed E-state index contributed by atoms with van der Waals surface area (Å²) >= 11 is 0. The summed E-state index contributed by atoms with van der Waals surface area (Å²) in [7, 11) is 0. The van der Waals surface area contributed by atoms with Crippen molar-refractivity contribution in [3.05, 3.63) is 29.8 Å². The number of halogens is 1. The van der Waals surface area contributed by atoms with Crippen molar-refractivity contribution in [3.63, 3.8) is 0 Å². The minimum Gasteiger partial charge on any atom is -0.334 e. The summed E-state index contributed by atoms with van der Waals surface area (Å²) < 4.78 is 12.9. The van der Waals surface area contributed by atoms with Crippen LogP contribution in [0.1, 0.15) is 23.8 Å². The molecule has 0 aromatic carbocycles. The van der Waals surface area contributed by atoms with Crippen molar-refractivity contribution < 1.29 is 9.18 Å². The van der Waals surface area contributed by atoms with E-state index in [1.807, 2.05) is 4.90 Å². The highest BCUT2D eigenvalue weighted by atomic mass is 19.1. The maximum absolute atomic E-state index is 12.9. The standard InChI is InChI=1S/C14H18FN3O/c1-2-13-11-7-16-5-9(11)8-18(13)14(19)12-4-3-10(15)6-17-12/h3-4,6,9,11,13,16H,2,5,7-8H2,1H3. The number of fused-ring (bicyclic) bond motifs is 1. The fraction of sp³-hybridized carbons (Fsp3) is 0.571. The zero-order valence-electron chi connectivity index (χ0n) is 11.0. The normalized spacial score (nSPS) is 29.6. The average Bonchev–Trinajstić information content (AvgIpc) is 2.98. The summed E-state index contributed by atoms with van der Waals surface area (Å²) in [5.41, 5.74) is 0.341. The number of nitrogens with zero attached hydrogens (tertiary/aromatic N) is 2. The molecule has 0 aliphatic carbocycles. The molecule has 0 spiro atoms. The van der Waals surface area contributed by atoms with Crippen molar-refractivity contribution in [2.75, 3.05) is 19.6 Å². The van der Waals surface area contributed by atoms with E-state index >= 15 is 0 Å². The predicted molar refractivity (Wildman–Crippen MR) is 69.2 cm³/mol. The molecule has 0 saturated carbocycles. The molecule has 3 heterocycles. The van der Waals surface area contributed by atoms with Gasteiger partial charge < -0.3 is 10.2 Å². The van der Waals surface area contributed by atoms with Crippen LogP contribution in [0.2, 0.25) is 0 Å². The minimum atomic E-state index is -0.411. The highest BCUT2D eigenvalue weighted by molar-refractivity contribution is 5.92. The molecule has 2 fully saturated rings. The first-order chi connectivity index (χ1) is 9.20. The summed E-state index contributed by atoms with van der Waals surface area (Å²) in [5.74, 6) is 0.621. The second-order valence-corrected chi connectivity index (χ2v) is 5.38. The first kappa shape index (κ1) is 12.5. The maximum Gasteiger partial charge on any atom is 0.272 e. The van der Waals surface area contributed by atoms with E-state index in [1.54, 1.807) is 0 Å². The van der Waals surface area contributed by atoms with Crippen molar-refractivity contribution in [2.45, 2.75) is 19.4 Å². The fourth-order valence-corrected chi connectivity index (χ4v) is 3.43. The van der Waals surface area contributed by atoms with Gasteiger partial charge >= 0.3 is 0 Å². The van der Waals surface area contributed by atoms with E-state index in [4.69, 9.17) is 0 Å². The van der Waals surface area contributed by atoms with Gasteiger partial charge in [0.15, 0.2) is 0 Å². The van der Waals surface area contributed by atoms with Gasteiger partial charge in [-0.05, 0) is 30.4 Å². The van der Waals surface area contributed by atoms with Crippen LogP contribution in [0.3, 0.4) is 0 Å². The molecule has 3 unspecified atom stereocenters. The molecule has 2 aliphatic rings. The lowest BCUT2D eigenvalue weighted by atomic mass is 9.93. The molecule has 4 nitrogen and oxygen atoms in total. The Morgan fingerprint density at radius 2 is 2.37 bits per heavy atom. The van der Waals surface area contributed by atoms with Crippen LogP contribution >= 0.6 is 0 Å². The molecule has 1 N–H and O–H groups in total. The van der Waals surface area contributed by atoms with Crippen LogP contribution < -0.4 is 5.32 Å². The largest absolute Gasteiger partial charge is 0.334 e. The number of aromatic nitrogens is 1. The molecule has 102 valence electrons. The van der Waals surface area contributed by atoms with E-state index in [2.05, 4.69) is 17.2 Å². The van der Waals surface area contributed by atoms with Gasteiger partial charge in [0.25, 0.3) is 5.91 Å². The predicted octanol–water partition coefficient (Wildman–Crippen LogP) is 1.29. The number of likely N-dealkylation sites (tertiary alicyclic amines) is 1. The number of rotatable bonds is 2. The number of hydrogen-bond acceptors (Lipinski definition) is 3. The Morgan fingerprint density at radius 1 is 1.53 bits per heavy atom. The van der Waals surface area contributed by atoms with Crippen LogP contribution in [0.4, 0.5) is 4.39 Å². The minimum absolute atomic E-state index is 0.0683. The molecule has 0 radical (unpaired) electrons. The third kappa shape index (κ3) is 2.12. The number of carbonyl (C=O) groups excluding carboxylic acids is 1. The Labute approximate surface area is 112 Å². The Bertz CT molecular complexity index is 476. The Morgan fingerprint density at radius 3 is 3.05 bits per heavy atom.